The molecule has 1 unspecified atom stereocenters. The maximum Gasteiger partial charge on any atom is 0.300 e. The molecule has 33 heavy (non-hydrogen) atoms. The van der Waals surface area contributed by atoms with Crippen LogP contribution in [0.15, 0.2) is 60.4 Å². The molecule has 1 N–H and O–H groups in total. The summed E-state index contributed by atoms with van der Waals surface area (Å²) in [6.45, 7) is 5.66. The molecular formula is C26H23ClN2O4. The number of methoxy groups -OCH3 is 1. The number of rotatable bonds is 4. The lowest BCUT2D eigenvalue weighted by Gasteiger charge is -2.27. The SMILES string of the molecule is COc1c(Cl)cc(C)cc1/C(O)=C1\C(=O)C(=O)N(c2ccc(C)cc2C)C1c1ccncc1. The Morgan fingerprint density at radius 1 is 1.03 bits per heavy atom. The molecule has 2 heterocycles. The zero-order valence-corrected chi connectivity index (χ0v) is 19.5. The highest BCUT2D eigenvalue weighted by molar-refractivity contribution is 6.52. The monoisotopic (exact) mass is 462 g/mol. The molecule has 2 aromatic carbocycles. The molecule has 1 saturated heterocycles. The molecule has 7 heteroatoms. The van der Waals surface area contributed by atoms with Crippen LogP contribution in [-0.4, -0.2) is 28.9 Å². The molecule has 0 spiro atoms. The number of anilines is 1. The molecule has 1 aromatic heterocycles. The summed E-state index contributed by atoms with van der Waals surface area (Å²) in [5.41, 5.74) is 4.10. The topological polar surface area (TPSA) is 79.7 Å². The summed E-state index contributed by atoms with van der Waals surface area (Å²) in [4.78, 5) is 32.1. The van der Waals surface area contributed by atoms with Gasteiger partial charge in [0.05, 0.1) is 29.3 Å². The molecule has 1 aliphatic rings. The lowest BCUT2D eigenvalue weighted by Crippen LogP contribution is -2.30. The largest absolute Gasteiger partial charge is 0.507 e. The third-order valence-corrected chi connectivity index (χ3v) is 6.01. The number of carbonyl (C=O) groups excluding carboxylic acids is 2. The van der Waals surface area contributed by atoms with E-state index in [1.54, 1.807) is 36.7 Å². The van der Waals surface area contributed by atoms with Crippen LogP contribution >= 0.6 is 11.6 Å². The van der Waals surface area contributed by atoms with Crippen molar-refractivity contribution in [1.82, 2.24) is 4.98 Å². The number of hydrogen-bond acceptors (Lipinski definition) is 5. The number of aliphatic hydroxyl groups is 1. The first-order valence-electron chi connectivity index (χ1n) is 10.4. The minimum Gasteiger partial charge on any atom is -0.507 e. The maximum absolute atomic E-state index is 13.3. The fourth-order valence-corrected chi connectivity index (χ4v) is 4.63. The van der Waals surface area contributed by atoms with E-state index in [9.17, 15) is 14.7 Å². The number of carbonyl (C=O) groups is 2. The van der Waals surface area contributed by atoms with E-state index in [4.69, 9.17) is 16.3 Å². The third kappa shape index (κ3) is 3.87. The number of ether oxygens (including phenoxy) is 1. The fourth-order valence-electron chi connectivity index (χ4n) is 4.28. The van der Waals surface area contributed by atoms with Gasteiger partial charge in [-0.15, -0.1) is 0 Å². The van der Waals surface area contributed by atoms with E-state index < -0.39 is 17.7 Å². The van der Waals surface area contributed by atoms with Crippen LogP contribution in [0, 0.1) is 20.8 Å². The summed E-state index contributed by atoms with van der Waals surface area (Å²) in [7, 11) is 1.43. The van der Waals surface area contributed by atoms with Crippen molar-refractivity contribution < 1.29 is 19.4 Å². The third-order valence-electron chi connectivity index (χ3n) is 5.73. The summed E-state index contributed by atoms with van der Waals surface area (Å²) >= 11 is 6.33. The number of nitrogens with zero attached hydrogens (tertiary/aromatic N) is 2. The van der Waals surface area contributed by atoms with Gasteiger partial charge in [0.25, 0.3) is 11.7 Å². The number of Topliss-reactive ketones (excluding diaryl/α,β-unsaturated/α-hetero) is 1. The number of benzene rings is 2. The average molecular weight is 463 g/mol. The number of aryl methyl sites for hydroxylation is 3. The summed E-state index contributed by atoms with van der Waals surface area (Å²) in [6, 6.07) is 11.6. The minimum atomic E-state index is -0.849. The standard InChI is InChI=1S/C26H23ClN2O4/c1-14-5-6-20(16(3)11-14)29-22(17-7-9-28-10-8-17)21(24(31)26(29)32)23(30)18-12-15(2)13-19(27)25(18)33-4/h5-13,22,30H,1-4H3/b23-21+. The molecule has 0 aliphatic carbocycles. The van der Waals surface area contributed by atoms with Gasteiger partial charge in [0.2, 0.25) is 0 Å². The van der Waals surface area contributed by atoms with E-state index in [1.165, 1.54) is 12.0 Å². The lowest BCUT2D eigenvalue weighted by molar-refractivity contribution is -0.132. The number of amides is 1. The van der Waals surface area contributed by atoms with Crippen LogP contribution in [0.1, 0.15) is 33.9 Å². The molecule has 0 radical (unpaired) electrons. The molecule has 6 nitrogen and oxygen atoms in total. The van der Waals surface area contributed by atoms with Crippen LogP contribution in [0.5, 0.6) is 5.75 Å². The maximum atomic E-state index is 13.3. The first kappa shape index (κ1) is 22.6. The predicted octanol–water partition coefficient (Wildman–Crippen LogP) is 5.30. The number of hydrogen-bond donors (Lipinski definition) is 1. The first-order chi connectivity index (χ1) is 15.7. The molecular weight excluding hydrogens is 440 g/mol. The number of ketones is 1. The highest BCUT2D eigenvalue weighted by Crippen LogP contribution is 2.45. The van der Waals surface area contributed by atoms with Crippen molar-refractivity contribution in [2.24, 2.45) is 0 Å². The Balaban J connectivity index is 2.02. The van der Waals surface area contributed by atoms with Gasteiger partial charge >= 0.3 is 0 Å². The first-order valence-corrected chi connectivity index (χ1v) is 10.7. The van der Waals surface area contributed by atoms with Gasteiger partial charge in [-0.2, -0.15) is 0 Å². The Morgan fingerprint density at radius 2 is 1.73 bits per heavy atom. The van der Waals surface area contributed by atoms with E-state index >= 15 is 0 Å². The van der Waals surface area contributed by atoms with Crippen molar-refractivity contribution in [3.8, 4) is 5.75 Å². The molecule has 1 amide bonds. The molecule has 168 valence electrons. The molecule has 0 bridgehead atoms. The zero-order valence-electron chi connectivity index (χ0n) is 18.7. The van der Waals surface area contributed by atoms with Crippen molar-refractivity contribution in [2.45, 2.75) is 26.8 Å². The molecule has 1 aliphatic heterocycles. The van der Waals surface area contributed by atoms with Gasteiger partial charge in [0, 0.05) is 18.1 Å². The van der Waals surface area contributed by atoms with Gasteiger partial charge in [0.15, 0.2) is 0 Å². The van der Waals surface area contributed by atoms with Crippen molar-refractivity contribution in [1.29, 1.82) is 0 Å². The van der Waals surface area contributed by atoms with Gasteiger partial charge in [-0.25, -0.2) is 0 Å². The highest BCUT2D eigenvalue weighted by Gasteiger charge is 2.47. The van der Waals surface area contributed by atoms with Gasteiger partial charge in [-0.3, -0.25) is 19.5 Å². The van der Waals surface area contributed by atoms with Crippen molar-refractivity contribution in [2.75, 3.05) is 12.0 Å². The second-order valence-corrected chi connectivity index (χ2v) is 8.47. The average Bonchev–Trinajstić information content (AvgIpc) is 3.04. The van der Waals surface area contributed by atoms with Crippen LogP contribution < -0.4 is 9.64 Å². The lowest BCUT2D eigenvalue weighted by atomic mass is 9.94. The Labute approximate surface area is 197 Å². The molecule has 3 aromatic rings. The number of aliphatic hydroxyl groups excluding tert-OH is 1. The van der Waals surface area contributed by atoms with Crippen LogP contribution in [0.4, 0.5) is 5.69 Å². The van der Waals surface area contributed by atoms with Crippen LogP contribution in [0.2, 0.25) is 5.02 Å². The molecule has 4 rings (SSSR count). The normalized spacial score (nSPS) is 17.5. The van der Waals surface area contributed by atoms with Crippen molar-refractivity contribution in [3.63, 3.8) is 0 Å². The summed E-state index contributed by atoms with van der Waals surface area (Å²) < 4.78 is 5.41. The molecule has 0 saturated carbocycles. The van der Waals surface area contributed by atoms with Gasteiger partial charge < -0.3 is 9.84 Å². The van der Waals surface area contributed by atoms with E-state index in [0.29, 0.717) is 16.3 Å². The Morgan fingerprint density at radius 3 is 2.36 bits per heavy atom. The van der Waals surface area contributed by atoms with E-state index in [2.05, 4.69) is 4.98 Å². The van der Waals surface area contributed by atoms with E-state index in [1.807, 2.05) is 39.0 Å². The van der Waals surface area contributed by atoms with Crippen LogP contribution in [-0.2, 0) is 9.59 Å². The summed E-state index contributed by atoms with van der Waals surface area (Å²) in [6.07, 6.45) is 3.17. The van der Waals surface area contributed by atoms with Crippen molar-refractivity contribution >= 4 is 34.7 Å². The van der Waals surface area contributed by atoms with Gasteiger partial charge in [-0.05, 0) is 67.8 Å². The summed E-state index contributed by atoms with van der Waals surface area (Å²) in [5, 5.41) is 11.7. The Bertz CT molecular complexity index is 1300. The van der Waals surface area contributed by atoms with E-state index in [-0.39, 0.29) is 22.6 Å². The van der Waals surface area contributed by atoms with E-state index in [0.717, 1.165) is 16.7 Å². The van der Waals surface area contributed by atoms with Crippen molar-refractivity contribution in [3.05, 3.63) is 93.3 Å². The quantitative estimate of drug-likeness (QED) is 0.323. The fraction of sp³-hybridized carbons (Fsp3) is 0.192. The smallest absolute Gasteiger partial charge is 0.300 e. The number of pyridine rings is 1. The van der Waals surface area contributed by atoms with Gasteiger partial charge in [0.1, 0.15) is 11.5 Å². The van der Waals surface area contributed by atoms with Gasteiger partial charge in [-0.1, -0.05) is 29.3 Å². The number of halogens is 1. The Hall–Kier alpha value is -3.64. The summed E-state index contributed by atoms with van der Waals surface area (Å²) in [5.74, 6) is -1.62. The molecule has 1 atom stereocenters. The van der Waals surface area contributed by atoms with Crippen LogP contribution in [0.25, 0.3) is 5.76 Å². The predicted molar refractivity (Wildman–Crippen MR) is 128 cm³/mol. The minimum absolute atomic E-state index is 0.0360. The molecule has 1 fully saturated rings. The second-order valence-electron chi connectivity index (χ2n) is 8.07. The van der Waals surface area contributed by atoms with Crippen LogP contribution in [0.3, 0.4) is 0 Å². The zero-order chi connectivity index (χ0) is 23.9. The highest BCUT2D eigenvalue weighted by atomic mass is 35.5. The number of aromatic nitrogens is 1. The second kappa shape index (κ2) is 8.71. The Kier molecular flexibility index (Phi) is 5.95.